The molecule has 0 aliphatic rings. The molecule has 1 aromatic rings. The number of nitrogens with zero attached hydrogens (tertiary/aromatic N) is 2. The lowest BCUT2D eigenvalue weighted by molar-refractivity contribution is 0.0301. The third-order valence-corrected chi connectivity index (χ3v) is 3.29. The first kappa shape index (κ1) is 15.4. The van der Waals surface area contributed by atoms with Gasteiger partial charge in [0.05, 0.1) is 29.1 Å². The molecule has 0 spiro atoms. The van der Waals surface area contributed by atoms with Crippen LogP contribution in [-0.2, 0) is 11.3 Å². The number of aromatic nitrogens is 2. The second kappa shape index (κ2) is 7.09. The number of halogens is 1. The Morgan fingerprint density at radius 3 is 2.67 bits per heavy atom. The Balaban J connectivity index is 3.10. The summed E-state index contributed by atoms with van der Waals surface area (Å²) in [4.78, 5) is 0. The van der Waals surface area contributed by atoms with Gasteiger partial charge in [-0.05, 0) is 12.3 Å². The standard InChI is InChI=1S/C12H23ClN4O/c1-5-6-17-11(9(13)7-15-17)10(16-14)12(18-4)8(2)3/h7-8,10,12,16H,5-6,14H2,1-4H3. The lowest BCUT2D eigenvalue weighted by atomic mass is 9.97. The number of hydrogen-bond donors (Lipinski definition) is 2. The summed E-state index contributed by atoms with van der Waals surface area (Å²) in [6, 6.07) is -0.170. The molecule has 2 atom stereocenters. The average molecular weight is 275 g/mol. The van der Waals surface area contributed by atoms with E-state index >= 15 is 0 Å². The Morgan fingerprint density at radius 1 is 1.56 bits per heavy atom. The van der Waals surface area contributed by atoms with Crippen molar-refractivity contribution < 1.29 is 4.74 Å². The van der Waals surface area contributed by atoms with Crippen LogP contribution >= 0.6 is 11.6 Å². The summed E-state index contributed by atoms with van der Waals surface area (Å²) in [5, 5.41) is 4.90. The van der Waals surface area contributed by atoms with E-state index in [4.69, 9.17) is 22.2 Å². The molecule has 3 N–H and O–H groups in total. The van der Waals surface area contributed by atoms with Gasteiger partial charge in [-0.25, -0.2) is 5.43 Å². The van der Waals surface area contributed by atoms with Crippen LogP contribution in [0.1, 0.15) is 38.9 Å². The molecule has 1 rings (SSSR count). The van der Waals surface area contributed by atoms with Gasteiger partial charge in [0.1, 0.15) is 0 Å². The SMILES string of the molecule is CCCn1ncc(Cl)c1C(NN)C(OC)C(C)C. The number of nitrogens with two attached hydrogens (primary N) is 1. The fraction of sp³-hybridized carbons (Fsp3) is 0.750. The first-order valence-corrected chi connectivity index (χ1v) is 6.64. The van der Waals surface area contributed by atoms with E-state index in [0.29, 0.717) is 10.9 Å². The molecule has 0 aromatic carbocycles. The predicted molar refractivity (Wildman–Crippen MR) is 73.2 cm³/mol. The largest absolute Gasteiger partial charge is 0.379 e. The van der Waals surface area contributed by atoms with Gasteiger partial charge in [0.15, 0.2) is 0 Å². The van der Waals surface area contributed by atoms with Gasteiger partial charge in [-0.1, -0.05) is 32.4 Å². The monoisotopic (exact) mass is 274 g/mol. The Labute approximate surface area is 114 Å². The van der Waals surface area contributed by atoms with Crippen molar-refractivity contribution in [2.75, 3.05) is 7.11 Å². The summed E-state index contributed by atoms with van der Waals surface area (Å²) >= 11 is 6.23. The highest BCUT2D eigenvalue weighted by atomic mass is 35.5. The second-order valence-corrected chi connectivity index (χ2v) is 5.10. The molecule has 1 aromatic heterocycles. The van der Waals surface area contributed by atoms with Gasteiger partial charge in [-0.3, -0.25) is 10.5 Å². The van der Waals surface area contributed by atoms with Crippen molar-refractivity contribution in [1.29, 1.82) is 0 Å². The van der Waals surface area contributed by atoms with Crippen LogP contribution in [0.25, 0.3) is 0 Å². The fourth-order valence-corrected chi connectivity index (χ4v) is 2.45. The minimum absolute atomic E-state index is 0.0557. The zero-order valence-electron chi connectivity index (χ0n) is 11.5. The van der Waals surface area contributed by atoms with Crippen molar-refractivity contribution in [2.45, 2.75) is 45.9 Å². The Bertz CT molecular complexity index is 367. The highest BCUT2D eigenvalue weighted by Crippen LogP contribution is 2.29. The molecule has 0 aliphatic carbocycles. The number of hydrazine groups is 1. The molecule has 1 heterocycles. The van der Waals surface area contributed by atoms with E-state index in [1.807, 2.05) is 4.68 Å². The number of ether oxygens (including phenoxy) is 1. The molecule has 18 heavy (non-hydrogen) atoms. The average Bonchev–Trinajstić information content (AvgIpc) is 2.68. The van der Waals surface area contributed by atoms with E-state index in [0.717, 1.165) is 18.7 Å². The van der Waals surface area contributed by atoms with Crippen molar-refractivity contribution in [3.8, 4) is 0 Å². The maximum Gasteiger partial charge on any atom is 0.0907 e. The first-order valence-electron chi connectivity index (χ1n) is 6.26. The van der Waals surface area contributed by atoms with E-state index in [2.05, 4.69) is 31.3 Å². The van der Waals surface area contributed by atoms with Gasteiger partial charge in [0.2, 0.25) is 0 Å². The fourth-order valence-electron chi connectivity index (χ4n) is 2.19. The van der Waals surface area contributed by atoms with Crippen molar-refractivity contribution in [2.24, 2.45) is 11.8 Å². The highest BCUT2D eigenvalue weighted by molar-refractivity contribution is 6.31. The Morgan fingerprint density at radius 2 is 2.22 bits per heavy atom. The normalized spacial score (nSPS) is 15.1. The molecule has 0 saturated heterocycles. The van der Waals surface area contributed by atoms with Crippen molar-refractivity contribution in [1.82, 2.24) is 15.2 Å². The number of methoxy groups -OCH3 is 1. The highest BCUT2D eigenvalue weighted by Gasteiger charge is 2.29. The summed E-state index contributed by atoms with van der Waals surface area (Å²) in [6.45, 7) is 7.09. The molecule has 0 saturated carbocycles. The third kappa shape index (κ3) is 3.23. The molecular weight excluding hydrogens is 252 g/mol. The number of nitrogens with one attached hydrogen (secondary N) is 1. The van der Waals surface area contributed by atoms with Crippen LogP contribution in [0.2, 0.25) is 5.02 Å². The first-order chi connectivity index (χ1) is 8.56. The maximum atomic E-state index is 6.23. The van der Waals surface area contributed by atoms with Crippen LogP contribution in [0.15, 0.2) is 6.20 Å². The lowest BCUT2D eigenvalue weighted by Gasteiger charge is -2.29. The second-order valence-electron chi connectivity index (χ2n) is 4.69. The van der Waals surface area contributed by atoms with E-state index in [9.17, 15) is 0 Å². The van der Waals surface area contributed by atoms with Crippen molar-refractivity contribution in [3.63, 3.8) is 0 Å². The predicted octanol–water partition coefficient (Wildman–Crippen LogP) is 2.12. The van der Waals surface area contributed by atoms with Gasteiger partial charge < -0.3 is 4.74 Å². The van der Waals surface area contributed by atoms with Crippen LogP contribution in [-0.4, -0.2) is 23.0 Å². The molecule has 2 unspecified atom stereocenters. The third-order valence-electron chi connectivity index (χ3n) is 3.00. The summed E-state index contributed by atoms with van der Waals surface area (Å²) in [5.41, 5.74) is 3.70. The van der Waals surface area contributed by atoms with Gasteiger partial charge in [-0.15, -0.1) is 0 Å². The molecule has 104 valence electrons. The van der Waals surface area contributed by atoms with Crippen LogP contribution < -0.4 is 11.3 Å². The number of hydrogen-bond acceptors (Lipinski definition) is 4. The molecule has 5 nitrogen and oxygen atoms in total. The molecule has 0 radical (unpaired) electrons. The topological polar surface area (TPSA) is 65.1 Å². The summed E-state index contributed by atoms with van der Waals surface area (Å²) in [5.74, 6) is 6.00. The van der Waals surface area contributed by atoms with Gasteiger partial charge in [0.25, 0.3) is 0 Å². The van der Waals surface area contributed by atoms with Gasteiger partial charge in [0, 0.05) is 13.7 Å². The lowest BCUT2D eigenvalue weighted by Crippen LogP contribution is -2.41. The zero-order valence-corrected chi connectivity index (χ0v) is 12.2. The van der Waals surface area contributed by atoms with E-state index < -0.39 is 0 Å². The molecule has 6 heteroatoms. The minimum atomic E-state index is -0.170. The molecule has 0 amide bonds. The molecule has 0 aliphatic heterocycles. The zero-order chi connectivity index (χ0) is 13.7. The smallest absolute Gasteiger partial charge is 0.0907 e. The van der Waals surface area contributed by atoms with Crippen LogP contribution in [0, 0.1) is 5.92 Å². The van der Waals surface area contributed by atoms with Crippen LogP contribution in [0.4, 0.5) is 0 Å². The van der Waals surface area contributed by atoms with Crippen LogP contribution in [0.5, 0.6) is 0 Å². The Hall–Kier alpha value is -0.620. The molecule has 0 bridgehead atoms. The van der Waals surface area contributed by atoms with Crippen molar-refractivity contribution in [3.05, 3.63) is 16.9 Å². The summed E-state index contributed by atoms with van der Waals surface area (Å²) in [7, 11) is 1.68. The van der Waals surface area contributed by atoms with E-state index in [-0.39, 0.29) is 12.1 Å². The number of aryl methyl sites for hydroxylation is 1. The minimum Gasteiger partial charge on any atom is -0.379 e. The van der Waals surface area contributed by atoms with Crippen molar-refractivity contribution >= 4 is 11.6 Å². The summed E-state index contributed by atoms with van der Waals surface area (Å²) in [6.07, 6.45) is 2.59. The Kier molecular flexibility index (Phi) is 6.08. The van der Waals surface area contributed by atoms with E-state index in [1.165, 1.54) is 0 Å². The summed E-state index contributed by atoms with van der Waals surface area (Å²) < 4.78 is 7.42. The van der Waals surface area contributed by atoms with Gasteiger partial charge >= 0.3 is 0 Å². The molecular formula is C12H23ClN4O. The van der Waals surface area contributed by atoms with Gasteiger partial charge in [-0.2, -0.15) is 5.10 Å². The maximum absolute atomic E-state index is 6.23. The molecule has 0 fully saturated rings. The number of rotatable bonds is 7. The quantitative estimate of drug-likeness (QED) is 0.590. The van der Waals surface area contributed by atoms with Crippen LogP contribution in [0.3, 0.4) is 0 Å². The van der Waals surface area contributed by atoms with E-state index in [1.54, 1.807) is 13.3 Å².